The Morgan fingerprint density at radius 2 is 1.95 bits per heavy atom. The van der Waals surface area contributed by atoms with Gasteiger partial charge in [0, 0.05) is 0 Å². The molecule has 1 amide bonds. The average Bonchev–Trinajstić information content (AvgIpc) is 2.51. The lowest BCUT2D eigenvalue weighted by molar-refractivity contribution is 0.155. The lowest BCUT2D eigenvalue weighted by atomic mass is 10.2. The van der Waals surface area contributed by atoms with E-state index in [4.69, 9.17) is 9.47 Å². The molecule has 0 atom stereocenters. The maximum atomic E-state index is 14.0. The van der Waals surface area contributed by atoms with E-state index in [-0.39, 0.29) is 22.5 Å². The molecule has 0 aliphatic heterocycles. The molecule has 0 saturated carbocycles. The molecule has 0 saturated heterocycles. The highest BCUT2D eigenvalue weighted by Gasteiger charge is 2.16. The zero-order chi connectivity index (χ0) is 15.2. The van der Waals surface area contributed by atoms with Gasteiger partial charge in [0.05, 0.1) is 11.6 Å². The summed E-state index contributed by atoms with van der Waals surface area (Å²) in [7, 11) is 1.39. The van der Waals surface area contributed by atoms with Crippen molar-refractivity contribution in [2.24, 2.45) is 0 Å². The fraction of sp³-hybridized carbons (Fsp3) is 0.133. The van der Waals surface area contributed by atoms with Crippen molar-refractivity contribution < 1.29 is 18.7 Å². The van der Waals surface area contributed by atoms with E-state index >= 15 is 0 Å². The summed E-state index contributed by atoms with van der Waals surface area (Å²) in [6.45, 7) is 0.102. The third-order valence-electron chi connectivity index (χ3n) is 2.72. The Labute approximate surface area is 130 Å². The van der Waals surface area contributed by atoms with Gasteiger partial charge in [-0.25, -0.2) is 9.18 Å². The number of benzene rings is 2. The van der Waals surface area contributed by atoms with E-state index in [9.17, 15) is 9.18 Å². The van der Waals surface area contributed by atoms with Crippen LogP contribution in [0.3, 0.4) is 0 Å². The van der Waals surface area contributed by atoms with Crippen LogP contribution in [-0.4, -0.2) is 13.2 Å². The van der Waals surface area contributed by atoms with E-state index in [0.29, 0.717) is 0 Å². The topological polar surface area (TPSA) is 47.6 Å². The Hall–Kier alpha value is -2.08. The van der Waals surface area contributed by atoms with Gasteiger partial charge < -0.3 is 9.47 Å². The quantitative estimate of drug-likeness (QED) is 0.888. The minimum absolute atomic E-state index is 0.0649. The van der Waals surface area contributed by atoms with Crippen LogP contribution in [0.25, 0.3) is 0 Å². The molecule has 2 aromatic carbocycles. The van der Waals surface area contributed by atoms with E-state index in [1.165, 1.54) is 13.2 Å². The van der Waals surface area contributed by atoms with Crippen LogP contribution in [0, 0.1) is 5.82 Å². The highest BCUT2D eigenvalue weighted by molar-refractivity contribution is 9.10. The summed E-state index contributed by atoms with van der Waals surface area (Å²) in [6.07, 6.45) is -0.755. The number of amides is 1. The van der Waals surface area contributed by atoms with Crippen LogP contribution in [-0.2, 0) is 11.3 Å². The maximum absolute atomic E-state index is 14.0. The molecule has 0 bridgehead atoms. The normalized spacial score (nSPS) is 10.0. The molecule has 2 aromatic rings. The maximum Gasteiger partial charge on any atom is 0.412 e. The number of nitrogens with one attached hydrogen (secondary N) is 1. The number of ether oxygens (including phenoxy) is 2. The first-order valence-corrected chi connectivity index (χ1v) is 6.91. The molecule has 6 heteroatoms. The van der Waals surface area contributed by atoms with Gasteiger partial charge in [-0.05, 0) is 33.6 Å². The van der Waals surface area contributed by atoms with Crippen LogP contribution in [0.15, 0.2) is 46.9 Å². The van der Waals surface area contributed by atoms with Crippen molar-refractivity contribution in [3.63, 3.8) is 0 Å². The Morgan fingerprint density at radius 1 is 1.24 bits per heavy atom. The van der Waals surface area contributed by atoms with Crippen LogP contribution in [0.1, 0.15) is 5.56 Å². The van der Waals surface area contributed by atoms with Gasteiger partial charge in [0.25, 0.3) is 0 Å². The number of anilines is 1. The molecule has 110 valence electrons. The van der Waals surface area contributed by atoms with Gasteiger partial charge in [-0.3, -0.25) is 5.32 Å². The monoisotopic (exact) mass is 353 g/mol. The highest BCUT2D eigenvalue weighted by atomic mass is 79.9. The number of rotatable bonds is 4. The van der Waals surface area contributed by atoms with Crippen molar-refractivity contribution in [1.29, 1.82) is 0 Å². The molecule has 0 aliphatic carbocycles. The molecule has 0 heterocycles. The zero-order valence-electron chi connectivity index (χ0n) is 11.2. The van der Waals surface area contributed by atoms with Crippen LogP contribution in [0.2, 0.25) is 0 Å². The minimum Gasteiger partial charge on any atom is -0.494 e. The summed E-state index contributed by atoms with van der Waals surface area (Å²) in [5.74, 6) is -0.404. The lowest BCUT2D eigenvalue weighted by Crippen LogP contribution is -2.15. The van der Waals surface area contributed by atoms with Gasteiger partial charge in [-0.2, -0.15) is 0 Å². The molecular formula is C15H13BrFNO3. The zero-order valence-corrected chi connectivity index (χ0v) is 12.8. The molecule has 0 aromatic heterocycles. The molecule has 4 nitrogen and oxygen atoms in total. The third-order valence-corrected chi connectivity index (χ3v) is 3.33. The largest absolute Gasteiger partial charge is 0.494 e. The van der Waals surface area contributed by atoms with Crippen molar-refractivity contribution in [2.75, 3.05) is 12.4 Å². The molecule has 21 heavy (non-hydrogen) atoms. The van der Waals surface area contributed by atoms with Gasteiger partial charge >= 0.3 is 6.09 Å². The summed E-state index contributed by atoms with van der Waals surface area (Å²) < 4.78 is 24.3. The molecule has 2 rings (SSSR count). The number of carbonyl (C=O) groups excluding carboxylic acids is 1. The fourth-order valence-corrected chi connectivity index (χ4v) is 2.01. The number of hydrogen-bond acceptors (Lipinski definition) is 3. The smallest absolute Gasteiger partial charge is 0.412 e. The van der Waals surface area contributed by atoms with E-state index < -0.39 is 11.9 Å². The minimum atomic E-state index is -0.755. The Balaban J connectivity index is 2.04. The first kappa shape index (κ1) is 15.3. The second-order valence-corrected chi connectivity index (χ2v) is 4.98. The van der Waals surface area contributed by atoms with Crippen molar-refractivity contribution >= 4 is 27.7 Å². The van der Waals surface area contributed by atoms with Crippen LogP contribution in [0.5, 0.6) is 5.75 Å². The summed E-state index contributed by atoms with van der Waals surface area (Å²) >= 11 is 3.05. The Bertz CT molecular complexity index is 634. The van der Waals surface area contributed by atoms with Crippen LogP contribution >= 0.6 is 15.9 Å². The van der Waals surface area contributed by atoms with Crippen molar-refractivity contribution in [1.82, 2.24) is 0 Å². The van der Waals surface area contributed by atoms with Gasteiger partial charge in [-0.1, -0.05) is 30.3 Å². The first-order chi connectivity index (χ1) is 10.1. The van der Waals surface area contributed by atoms with Gasteiger partial charge in [0.15, 0.2) is 5.82 Å². The van der Waals surface area contributed by atoms with Crippen LogP contribution in [0.4, 0.5) is 14.9 Å². The van der Waals surface area contributed by atoms with Gasteiger partial charge in [-0.15, -0.1) is 0 Å². The van der Waals surface area contributed by atoms with Crippen molar-refractivity contribution in [2.45, 2.75) is 6.61 Å². The van der Waals surface area contributed by atoms with E-state index in [0.717, 1.165) is 5.56 Å². The highest BCUT2D eigenvalue weighted by Crippen LogP contribution is 2.32. The fourth-order valence-electron chi connectivity index (χ4n) is 1.68. The number of hydrogen-bond donors (Lipinski definition) is 1. The molecule has 0 fully saturated rings. The number of carbonyl (C=O) groups is 1. The summed E-state index contributed by atoms with van der Waals surface area (Å²) in [4.78, 5) is 11.7. The third kappa shape index (κ3) is 3.95. The number of halogens is 2. The second kappa shape index (κ2) is 7.08. The van der Waals surface area contributed by atoms with Crippen LogP contribution < -0.4 is 10.1 Å². The first-order valence-electron chi connectivity index (χ1n) is 6.11. The summed E-state index contributed by atoms with van der Waals surface area (Å²) in [5.41, 5.74) is 0.777. The van der Waals surface area contributed by atoms with E-state index in [1.807, 2.05) is 30.3 Å². The number of methoxy groups -OCH3 is 1. The van der Waals surface area contributed by atoms with E-state index in [1.54, 1.807) is 6.07 Å². The van der Waals surface area contributed by atoms with Crippen molar-refractivity contribution in [3.05, 3.63) is 58.3 Å². The molecule has 0 unspecified atom stereocenters. The lowest BCUT2D eigenvalue weighted by Gasteiger charge is -2.12. The van der Waals surface area contributed by atoms with E-state index in [2.05, 4.69) is 21.2 Å². The Morgan fingerprint density at radius 3 is 2.62 bits per heavy atom. The van der Waals surface area contributed by atoms with Gasteiger partial charge in [0.2, 0.25) is 0 Å². The second-order valence-electron chi connectivity index (χ2n) is 4.13. The summed E-state index contributed by atoms with van der Waals surface area (Å²) in [6, 6.07) is 12.2. The molecule has 0 radical (unpaired) electrons. The molecule has 0 aliphatic rings. The SMILES string of the molecule is COc1ccc(Br)c(F)c1NC(=O)OCc1ccccc1. The molecule has 1 N–H and O–H groups in total. The predicted octanol–water partition coefficient (Wildman–Crippen LogP) is 4.35. The predicted molar refractivity (Wildman–Crippen MR) is 80.9 cm³/mol. The summed E-state index contributed by atoms with van der Waals surface area (Å²) in [5, 5.41) is 2.35. The average molecular weight is 354 g/mol. The molecular weight excluding hydrogens is 341 g/mol. The standard InChI is InChI=1S/C15H13BrFNO3/c1-20-12-8-7-11(16)13(17)14(12)18-15(19)21-9-10-5-3-2-4-6-10/h2-8H,9H2,1H3,(H,18,19). The van der Waals surface area contributed by atoms with Crippen molar-refractivity contribution in [3.8, 4) is 5.75 Å². The Kier molecular flexibility index (Phi) is 5.16. The van der Waals surface area contributed by atoms with Gasteiger partial charge in [0.1, 0.15) is 18.0 Å². The molecule has 0 spiro atoms.